The topological polar surface area (TPSA) is 78.4 Å². The van der Waals surface area contributed by atoms with Gasteiger partial charge in [0.05, 0.1) is 5.92 Å². The monoisotopic (exact) mass is 376 g/mol. The van der Waals surface area contributed by atoms with Crippen LogP contribution in [-0.2, 0) is 4.79 Å². The molecule has 0 bridgehead atoms. The lowest BCUT2D eigenvalue weighted by molar-refractivity contribution is -0.142. The van der Waals surface area contributed by atoms with Crippen LogP contribution in [0.5, 0.6) is 0 Å². The Morgan fingerprint density at radius 3 is 2.74 bits per heavy atom. The van der Waals surface area contributed by atoms with Crippen molar-refractivity contribution in [3.63, 3.8) is 0 Å². The van der Waals surface area contributed by atoms with E-state index in [1.54, 1.807) is 0 Å². The number of nitrogens with one attached hydrogen (secondary N) is 1. The Morgan fingerprint density at radius 2 is 2.04 bits per heavy atom. The predicted octanol–water partition coefficient (Wildman–Crippen LogP) is 3.28. The molecule has 2 N–H and O–H groups in total. The van der Waals surface area contributed by atoms with Crippen molar-refractivity contribution in [2.75, 3.05) is 23.3 Å². The van der Waals surface area contributed by atoms with Crippen molar-refractivity contribution in [3.05, 3.63) is 41.1 Å². The zero-order chi connectivity index (χ0) is 16.2. The number of carboxylic acids is 1. The van der Waals surface area contributed by atoms with E-state index in [1.807, 2.05) is 30.3 Å². The molecule has 120 valence electrons. The van der Waals surface area contributed by atoms with Crippen LogP contribution in [0.3, 0.4) is 0 Å². The number of rotatable bonds is 4. The molecule has 1 saturated heterocycles. The molecule has 0 aliphatic carbocycles. The van der Waals surface area contributed by atoms with E-state index in [-0.39, 0.29) is 5.92 Å². The molecule has 2 aromatic rings. The molecule has 0 amide bonds. The van der Waals surface area contributed by atoms with Gasteiger partial charge in [0.1, 0.15) is 18.0 Å². The Balaban J connectivity index is 1.69. The van der Waals surface area contributed by atoms with E-state index in [2.05, 4.69) is 36.1 Å². The van der Waals surface area contributed by atoms with Crippen LogP contribution in [0.15, 0.2) is 41.1 Å². The first kappa shape index (κ1) is 15.7. The number of anilines is 3. The van der Waals surface area contributed by atoms with E-state index in [1.165, 1.54) is 6.33 Å². The third-order valence-corrected chi connectivity index (χ3v) is 4.41. The van der Waals surface area contributed by atoms with Gasteiger partial charge < -0.3 is 15.3 Å². The van der Waals surface area contributed by atoms with Gasteiger partial charge in [0, 0.05) is 29.3 Å². The van der Waals surface area contributed by atoms with Gasteiger partial charge in [-0.15, -0.1) is 0 Å². The first-order valence-electron chi connectivity index (χ1n) is 7.44. The van der Waals surface area contributed by atoms with Crippen molar-refractivity contribution >= 4 is 39.2 Å². The SMILES string of the molecule is O=C(O)C1CCN(c2cc(Nc3cccc(Br)c3)ncn2)CC1. The van der Waals surface area contributed by atoms with E-state index in [0.29, 0.717) is 31.7 Å². The van der Waals surface area contributed by atoms with Gasteiger partial charge >= 0.3 is 5.97 Å². The summed E-state index contributed by atoms with van der Waals surface area (Å²) in [4.78, 5) is 21.7. The van der Waals surface area contributed by atoms with E-state index in [9.17, 15) is 4.79 Å². The van der Waals surface area contributed by atoms with Gasteiger partial charge in [-0.25, -0.2) is 9.97 Å². The molecule has 0 spiro atoms. The third kappa shape index (κ3) is 3.98. The summed E-state index contributed by atoms with van der Waals surface area (Å²) in [6.07, 6.45) is 2.82. The minimum atomic E-state index is -0.704. The van der Waals surface area contributed by atoms with Crippen LogP contribution in [0.25, 0.3) is 0 Å². The minimum Gasteiger partial charge on any atom is -0.481 e. The number of aromatic nitrogens is 2. The molecule has 7 heteroatoms. The number of piperidine rings is 1. The Kier molecular flexibility index (Phi) is 4.76. The normalized spacial score (nSPS) is 15.4. The lowest BCUT2D eigenvalue weighted by Crippen LogP contribution is -2.36. The summed E-state index contributed by atoms with van der Waals surface area (Å²) in [5.41, 5.74) is 0.939. The first-order valence-corrected chi connectivity index (χ1v) is 8.23. The molecule has 0 radical (unpaired) electrons. The maximum atomic E-state index is 11.0. The highest BCUT2D eigenvalue weighted by molar-refractivity contribution is 9.10. The van der Waals surface area contributed by atoms with Gasteiger partial charge in [0.2, 0.25) is 0 Å². The molecular formula is C16H17BrN4O2. The summed E-state index contributed by atoms with van der Waals surface area (Å²) >= 11 is 3.44. The molecule has 0 saturated carbocycles. The summed E-state index contributed by atoms with van der Waals surface area (Å²) in [6, 6.07) is 9.74. The summed E-state index contributed by atoms with van der Waals surface area (Å²) in [5, 5.41) is 12.3. The van der Waals surface area contributed by atoms with Crippen LogP contribution >= 0.6 is 15.9 Å². The van der Waals surface area contributed by atoms with E-state index in [4.69, 9.17) is 5.11 Å². The predicted molar refractivity (Wildman–Crippen MR) is 92.0 cm³/mol. The van der Waals surface area contributed by atoms with Gasteiger partial charge in [0.25, 0.3) is 0 Å². The molecule has 1 aromatic heterocycles. The number of benzene rings is 1. The number of nitrogens with zero attached hydrogens (tertiary/aromatic N) is 3. The molecule has 0 atom stereocenters. The third-order valence-electron chi connectivity index (χ3n) is 3.92. The number of halogens is 1. The zero-order valence-corrected chi connectivity index (χ0v) is 14.0. The second-order valence-electron chi connectivity index (χ2n) is 5.50. The van der Waals surface area contributed by atoms with E-state index >= 15 is 0 Å². The summed E-state index contributed by atoms with van der Waals surface area (Å²) in [6.45, 7) is 1.40. The van der Waals surface area contributed by atoms with Crippen molar-refractivity contribution in [2.24, 2.45) is 5.92 Å². The Hall–Kier alpha value is -2.15. The van der Waals surface area contributed by atoms with Crippen LogP contribution in [-0.4, -0.2) is 34.1 Å². The van der Waals surface area contributed by atoms with Gasteiger partial charge in [-0.1, -0.05) is 22.0 Å². The fourth-order valence-electron chi connectivity index (χ4n) is 2.66. The smallest absolute Gasteiger partial charge is 0.306 e. The molecular weight excluding hydrogens is 360 g/mol. The largest absolute Gasteiger partial charge is 0.481 e. The molecule has 1 aliphatic heterocycles. The Labute approximate surface area is 142 Å². The van der Waals surface area contributed by atoms with Crippen molar-refractivity contribution in [2.45, 2.75) is 12.8 Å². The molecule has 0 unspecified atom stereocenters. The van der Waals surface area contributed by atoms with Crippen LogP contribution in [0.2, 0.25) is 0 Å². The van der Waals surface area contributed by atoms with Crippen molar-refractivity contribution in [1.82, 2.24) is 9.97 Å². The van der Waals surface area contributed by atoms with Crippen molar-refractivity contribution in [1.29, 1.82) is 0 Å². The Morgan fingerprint density at radius 1 is 1.26 bits per heavy atom. The molecule has 3 rings (SSSR count). The maximum Gasteiger partial charge on any atom is 0.306 e. The highest BCUT2D eigenvalue weighted by Gasteiger charge is 2.25. The maximum absolute atomic E-state index is 11.0. The average Bonchev–Trinajstić information content (AvgIpc) is 2.55. The second kappa shape index (κ2) is 6.95. The number of hydrogen-bond donors (Lipinski definition) is 2. The summed E-state index contributed by atoms with van der Waals surface area (Å²) < 4.78 is 0.993. The quantitative estimate of drug-likeness (QED) is 0.852. The number of carboxylic acid groups (broad SMARTS) is 1. The highest BCUT2D eigenvalue weighted by Crippen LogP contribution is 2.25. The van der Waals surface area contributed by atoms with Crippen molar-refractivity contribution < 1.29 is 9.90 Å². The molecule has 1 fully saturated rings. The highest BCUT2D eigenvalue weighted by atomic mass is 79.9. The molecule has 6 nitrogen and oxygen atoms in total. The fraction of sp³-hybridized carbons (Fsp3) is 0.312. The average molecular weight is 377 g/mol. The van der Waals surface area contributed by atoms with Crippen LogP contribution < -0.4 is 10.2 Å². The zero-order valence-electron chi connectivity index (χ0n) is 12.4. The standard InChI is InChI=1S/C16H17BrN4O2/c17-12-2-1-3-13(8-12)20-14-9-15(19-10-18-14)21-6-4-11(5-7-21)16(22)23/h1-3,8-11H,4-7H2,(H,22,23)(H,18,19,20). The lowest BCUT2D eigenvalue weighted by Gasteiger charge is -2.31. The van der Waals surface area contributed by atoms with Crippen LogP contribution in [0.1, 0.15) is 12.8 Å². The van der Waals surface area contributed by atoms with Gasteiger partial charge in [-0.2, -0.15) is 0 Å². The summed E-state index contributed by atoms with van der Waals surface area (Å²) in [5.74, 6) is 0.589. The molecule has 2 heterocycles. The summed E-state index contributed by atoms with van der Waals surface area (Å²) in [7, 11) is 0. The lowest BCUT2D eigenvalue weighted by atomic mass is 9.97. The van der Waals surface area contributed by atoms with E-state index in [0.717, 1.165) is 16.0 Å². The van der Waals surface area contributed by atoms with Crippen LogP contribution in [0.4, 0.5) is 17.3 Å². The molecule has 1 aromatic carbocycles. The second-order valence-corrected chi connectivity index (χ2v) is 6.41. The number of aliphatic carboxylic acids is 1. The van der Waals surface area contributed by atoms with E-state index < -0.39 is 5.97 Å². The molecule has 1 aliphatic rings. The number of hydrogen-bond acceptors (Lipinski definition) is 5. The van der Waals surface area contributed by atoms with Gasteiger partial charge in [-0.3, -0.25) is 4.79 Å². The molecule has 23 heavy (non-hydrogen) atoms. The van der Waals surface area contributed by atoms with Gasteiger partial charge in [-0.05, 0) is 31.0 Å². The number of carbonyl (C=O) groups is 1. The Bertz CT molecular complexity index is 702. The van der Waals surface area contributed by atoms with Crippen LogP contribution in [0, 0.1) is 5.92 Å². The minimum absolute atomic E-state index is 0.243. The first-order chi connectivity index (χ1) is 11.1. The fourth-order valence-corrected chi connectivity index (χ4v) is 3.06. The van der Waals surface area contributed by atoms with Crippen molar-refractivity contribution in [3.8, 4) is 0 Å². The van der Waals surface area contributed by atoms with Gasteiger partial charge in [0.15, 0.2) is 0 Å².